The average molecular weight is 270 g/mol. The number of hydrogen-bond acceptors (Lipinski definition) is 3. The lowest BCUT2D eigenvalue weighted by Crippen LogP contribution is -2.10. The molecule has 0 aliphatic heterocycles. The van der Waals surface area contributed by atoms with Crippen molar-refractivity contribution in [1.29, 1.82) is 0 Å². The Balaban J connectivity index is 2.74. The Bertz CT molecular complexity index is 699. The Kier molecular flexibility index (Phi) is 3.79. The van der Waals surface area contributed by atoms with Crippen molar-refractivity contribution in [3.8, 4) is 11.5 Å². The van der Waals surface area contributed by atoms with Crippen molar-refractivity contribution in [2.75, 3.05) is 7.11 Å². The third-order valence-corrected chi connectivity index (χ3v) is 3.41. The molecule has 0 heterocycles. The zero-order chi connectivity index (χ0) is 14.9. The number of fused-ring (bicyclic) bond motifs is 1. The molecule has 0 fully saturated rings. The van der Waals surface area contributed by atoms with E-state index in [2.05, 4.69) is 6.58 Å². The number of hydrogen-bond donors (Lipinski definition) is 0. The van der Waals surface area contributed by atoms with E-state index in [1.807, 2.05) is 38.1 Å². The smallest absolute Gasteiger partial charge is 0.338 e. The fraction of sp³-hybridized carbons (Fsp3) is 0.235. The molecule has 0 saturated carbocycles. The lowest BCUT2D eigenvalue weighted by atomic mass is 9.99. The lowest BCUT2D eigenvalue weighted by molar-refractivity contribution is -0.130. The summed E-state index contributed by atoms with van der Waals surface area (Å²) in [5.74, 6) is 0.975. The van der Waals surface area contributed by atoms with Crippen LogP contribution in [0.3, 0.4) is 0 Å². The molecule has 0 aliphatic rings. The van der Waals surface area contributed by atoms with E-state index in [0.29, 0.717) is 11.3 Å². The van der Waals surface area contributed by atoms with Crippen molar-refractivity contribution in [2.45, 2.75) is 20.8 Å². The molecule has 3 nitrogen and oxygen atoms in total. The molecule has 2 rings (SSSR count). The van der Waals surface area contributed by atoms with Crippen molar-refractivity contribution in [1.82, 2.24) is 0 Å². The lowest BCUT2D eigenvalue weighted by Gasteiger charge is -2.17. The second-order valence-corrected chi connectivity index (χ2v) is 4.83. The van der Waals surface area contributed by atoms with E-state index in [1.54, 1.807) is 14.0 Å². The maximum absolute atomic E-state index is 11.8. The van der Waals surface area contributed by atoms with Gasteiger partial charge in [0.1, 0.15) is 11.5 Å². The maximum Gasteiger partial charge on any atom is 0.338 e. The molecule has 0 amide bonds. The normalized spacial score (nSPS) is 10.4. The van der Waals surface area contributed by atoms with E-state index in [0.717, 1.165) is 27.6 Å². The SMILES string of the molecule is C=C(C)C(=O)Oc1c(C)c(C)c(OC)c2ccccc12. The van der Waals surface area contributed by atoms with Gasteiger partial charge in [-0.3, -0.25) is 0 Å². The fourth-order valence-corrected chi connectivity index (χ4v) is 2.20. The first-order chi connectivity index (χ1) is 9.47. The molecular formula is C17H18O3. The van der Waals surface area contributed by atoms with Crippen molar-refractivity contribution in [3.63, 3.8) is 0 Å². The highest BCUT2D eigenvalue weighted by molar-refractivity contribution is 5.99. The summed E-state index contributed by atoms with van der Waals surface area (Å²) in [7, 11) is 1.65. The summed E-state index contributed by atoms with van der Waals surface area (Å²) in [6.45, 7) is 9.13. The van der Waals surface area contributed by atoms with Crippen LogP contribution in [0.1, 0.15) is 18.1 Å². The van der Waals surface area contributed by atoms with Gasteiger partial charge in [0.05, 0.1) is 7.11 Å². The van der Waals surface area contributed by atoms with Crippen LogP contribution in [-0.2, 0) is 4.79 Å². The first-order valence-corrected chi connectivity index (χ1v) is 6.41. The van der Waals surface area contributed by atoms with E-state index >= 15 is 0 Å². The first kappa shape index (κ1) is 14.1. The monoisotopic (exact) mass is 270 g/mol. The molecule has 0 bridgehead atoms. The summed E-state index contributed by atoms with van der Waals surface area (Å²) in [5.41, 5.74) is 2.24. The molecule has 0 unspecified atom stereocenters. The van der Waals surface area contributed by atoms with Crippen LogP contribution < -0.4 is 9.47 Å². The Morgan fingerprint density at radius 3 is 2.05 bits per heavy atom. The highest BCUT2D eigenvalue weighted by atomic mass is 16.5. The number of carbonyl (C=O) groups excluding carboxylic acids is 1. The van der Waals surface area contributed by atoms with Crippen LogP contribution in [0.2, 0.25) is 0 Å². The van der Waals surface area contributed by atoms with E-state index < -0.39 is 5.97 Å². The number of methoxy groups -OCH3 is 1. The molecular weight excluding hydrogens is 252 g/mol. The van der Waals surface area contributed by atoms with Gasteiger partial charge in [-0.2, -0.15) is 0 Å². The zero-order valence-electron chi connectivity index (χ0n) is 12.2. The minimum Gasteiger partial charge on any atom is -0.496 e. The van der Waals surface area contributed by atoms with Crippen molar-refractivity contribution < 1.29 is 14.3 Å². The molecule has 0 atom stereocenters. The van der Waals surface area contributed by atoms with Crippen molar-refractivity contribution in [2.24, 2.45) is 0 Å². The van der Waals surface area contributed by atoms with Crippen LogP contribution in [0.5, 0.6) is 11.5 Å². The largest absolute Gasteiger partial charge is 0.496 e. The highest BCUT2D eigenvalue weighted by Gasteiger charge is 2.18. The minimum absolute atomic E-state index is 0.377. The molecule has 0 aliphatic carbocycles. The van der Waals surface area contributed by atoms with Crippen LogP contribution >= 0.6 is 0 Å². The third kappa shape index (κ3) is 2.27. The Hall–Kier alpha value is -2.29. The van der Waals surface area contributed by atoms with Gasteiger partial charge < -0.3 is 9.47 Å². The molecule has 0 aromatic heterocycles. The quantitative estimate of drug-likeness (QED) is 0.481. The standard InChI is InChI=1S/C17H18O3/c1-10(2)17(18)20-16-12(4)11(3)15(19-5)13-8-6-7-9-14(13)16/h6-9H,1H2,2-5H3. The minimum atomic E-state index is -0.414. The van der Waals surface area contributed by atoms with Gasteiger partial charge in [0.2, 0.25) is 0 Å². The molecule has 0 radical (unpaired) electrons. The highest BCUT2D eigenvalue weighted by Crippen LogP contribution is 2.40. The van der Waals surface area contributed by atoms with Crippen molar-refractivity contribution in [3.05, 3.63) is 47.5 Å². The van der Waals surface area contributed by atoms with E-state index in [-0.39, 0.29) is 0 Å². The topological polar surface area (TPSA) is 35.5 Å². The molecule has 2 aromatic carbocycles. The molecule has 0 spiro atoms. The van der Waals surface area contributed by atoms with Crippen LogP contribution in [0.4, 0.5) is 0 Å². The van der Waals surface area contributed by atoms with E-state index in [1.165, 1.54) is 0 Å². The first-order valence-electron chi connectivity index (χ1n) is 6.41. The maximum atomic E-state index is 11.8. The number of benzene rings is 2. The molecule has 2 aromatic rings. The second-order valence-electron chi connectivity index (χ2n) is 4.83. The van der Waals surface area contributed by atoms with Gasteiger partial charge in [0.15, 0.2) is 0 Å². The summed E-state index contributed by atoms with van der Waals surface area (Å²) in [5, 5.41) is 1.80. The molecule has 3 heteroatoms. The average Bonchev–Trinajstić information content (AvgIpc) is 2.44. The number of ether oxygens (including phenoxy) is 2. The predicted octanol–water partition coefficient (Wildman–Crippen LogP) is 3.95. The van der Waals surface area contributed by atoms with Gasteiger partial charge >= 0.3 is 5.97 Å². The van der Waals surface area contributed by atoms with Gasteiger partial charge in [-0.05, 0) is 31.9 Å². The zero-order valence-corrected chi connectivity index (χ0v) is 12.2. The Morgan fingerprint density at radius 1 is 1.05 bits per heavy atom. The summed E-state index contributed by atoms with van der Waals surface area (Å²) < 4.78 is 11.0. The Labute approximate surface area is 118 Å². The third-order valence-electron chi connectivity index (χ3n) is 3.41. The van der Waals surface area contributed by atoms with Crippen LogP contribution in [0.15, 0.2) is 36.4 Å². The van der Waals surface area contributed by atoms with Crippen molar-refractivity contribution >= 4 is 16.7 Å². The van der Waals surface area contributed by atoms with Gasteiger partial charge in [0, 0.05) is 16.3 Å². The number of rotatable bonds is 3. The van der Waals surface area contributed by atoms with Gasteiger partial charge in [0.25, 0.3) is 0 Å². The molecule has 0 N–H and O–H groups in total. The van der Waals surface area contributed by atoms with Crippen LogP contribution in [0, 0.1) is 13.8 Å². The summed E-state index contributed by atoms with van der Waals surface area (Å²) in [4.78, 5) is 11.8. The molecule has 0 saturated heterocycles. The Morgan fingerprint density at radius 2 is 1.55 bits per heavy atom. The number of carbonyl (C=O) groups is 1. The van der Waals surface area contributed by atoms with Gasteiger partial charge in [-0.15, -0.1) is 0 Å². The second kappa shape index (κ2) is 5.37. The molecule has 104 valence electrons. The van der Waals surface area contributed by atoms with E-state index in [9.17, 15) is 4.79 Å². The molecule has 20 heavy (non-hydrogen) atoms. The fourth-order valence-electron chi connectivity index (χ4n) is 2.20. The van der Waals surface area contributed by atoms with Gasteiger partial charge in [-0.1, -0.05) is 30.8 Å². The summed E-state index contributed by atoms with van der Waals surface area (Å²) in [6, 6.07) is 7.72. The number of esters is 1. The predicted molar refractivity (Wildman–Crippen MR) is 80.4 cm³/mol. The van der Waals surface area contributed by atoms with E-state index in [4.69, 9.17) is 9.47 Å². The summed E-state index contributed by atoms with van der Waals surface area (Å²) in [6.07, 6.45) is 0. The van der Waals surface area contributed by atoms with Crippen LogP contribution in [-0.4, -0.2) is 13.1 Å². The van der Waals surface area contributed by atoms with Gasteiger partial charge in [-0.25, -0.2) is 4.79 Å². The summed E-state index contributed by atoms with van der Waals surface area (Å²) >= 11 is 0. The van der Waals surface area contributed by atoms with Crippen LogP contribution in [0.25, 0.3) is 10.8 Å².